The second-order valence-electron chi connectivity index (χ2n) is 4.10. The minimum Gasteiger partial charge on any atom is -0.497 e. The summed E-state index contributed by atoms with van der Waals surface area (Å²) in [5.41, 5.74) is 1.60. The Bertz CT molecular complexity index is 521. The molecule has 0 saturated heterocycles. The summed E-state index contributed by atoms with van der Waals surface area (Å²) in [5, 5.41) is 3.19. The lowest BCUT2D eigenvalue weighted by atomic mass is 10.0. The van der Waals surface area contributed by atoms with Crippen molar-refractivity contribution in [2.45, 2.75) is 26.8 Å². The second kappa shape index (κ2) is 8.84. The van der Waals surface area contributed by atoms with Crippen LogP contribution in [0.4, 0.5) is 0 Å². The lowest BCUT2D eigenvalue weighted by Crippen LogP contribution is -2.19. The molecule has 114 valence electrons. The first-order valence-electron chi connectivity index (χ1n) is 7.20. The quantitative estimate of drug-likeness (QED) is 0.863. The Kier molecular flexibility index (Phi) is 7.09. The molecule has 21 heavy (non-hydrogen) atoms. The van der Waals surface area contributed by atoms with E-state index >= 15 is 0 Å². The van der Waals surface area contributed by atoms with Gasteiger partial charge in [0.05, 0.1) is 25.3 Å². The molecule has 1 aromatic rings. The van der Waals surface area contributed by atoms with Gasteiger partial charge >= 0.3 is 5.97 Å². The van der Waals surface area contributed by atoms with Gasteiger partial charge in [0.25, 0.3) is 0 Å². The Balaban J connectivity index is 0.00000106. The predicted octanol–water partition coefficient (Wildman–Crippen LogP) is 3.37. The van der Waals surface area contributed by atoms with Crippen LogP contribution < -0.4 is 10.1 Å². The van der Waals surface area contributed by atoms with Crippen LogP contribution in [0, 0.1) is 0 Å². The monoisotopic (exact) mass is 289 g/mol. The molecule has 0 saturated carbocycles. The summed E-state index contributed by atoms with van der Waals surface area (Å²) in [6.45, 7) is 6.17. The van der Waals surface area contributed by atoms with E-state index in [0.717, 1.165) is 11.3 Å². The lowest BCUT2D eigenvalue weighted by molar-refractivity contribution is -0.138. The van der Waals surface area contributed by atoms with Crippen molar-refractivity contribution in [3.8, 4) is 5.75 Å². The van der Waals surface area contributed by atoms with E-state index in [9.17, 15) is 4.79 Å². The summed E-state index contributed by atoms with van der Waals surface area (Å²) in [5.74, 6) is 0.494. The number of nitrogens with one attached hydrogen (secondary N) is 1. The van der Waals surface area contributed by atoms with Crippen molar-refractivity contribution in [1.82, 2.24) is 5.32 Å². The topological polar surface area (TPSA) is 47.6 Å². The highest BCUT2D eigenvalue weighted by molar-refractivity contribution is 5.92. The number of benzene rings is 1. The van der Waals surface area contributed by atoms with Crippen molar-refractivity contribution in [3.05, 3.63) is 53.8 Å². The van der Waals surface area contributed by atoms with E-state index in [-0.39, 0.29) is 12.0 Å². The number of hydrogen-bond donors (Lipinski definition) is 1. The van der Waals surface area contributed by atoms with Crippen LogP contribution in [-0.4, -0.2) is 19.7 Å². The molecule has 1 unspecified atom stereocenters. The van der Waals surface area contributed by atoms with Crippen LogP contribution in [0.15, 0.2) is 48.2 Å². The summed E-state index contributed by atoms with van der Waals surface area (Å²) < 4.78 is 10.2. The zero-order valence-corrected chi connectivity index (χ0v) is 13.1. The normalized spacial score (nSPS) is 16.0. The molecule has 1 atom stereocenters. The highest BCUT2D eigenvalue weighted by Gasteiger charge is 2.16. The van der Waals surface area contributed by atoms with Gasteiger partial charge in [0.2, 0.25) is 0 Å². The third-order valence-corrected chi connectivity index (χ3v) is 2.85. The molecule has 0 fully saturated rings. The molecule has 0 amide bonds. The minimum atomic E-state index is -0.298. The van der Waals surface area contributed by atoms with Crippen LogP contribution in [0.1, 0.15) is 32.4 Å². The molecule has 4 nitrogen and oxygen atoms in total. The molecule has 1 N–H and O–H groups in total. The van der Waals surface area contributed by atoms with Gasteiger partial charge in [0.1, 0.15) is 5.75 Å². The van der Waals surface area contributed by atoms with E-state index in [0.29, 0.717) is 12.2 Å². The van der Waals surface area contributed by atoms with Gasteiger partial charge in [-0.2, -0.15) is 0 Å². The highest BCUT2D eigenvalue weighted by atomic mass is 16.5. The Morgan fingerprint density at radius 3 is 2.76 bits per heavy atom. The van der Waals surface area contributed by atoms with E-state index in [1.807, 2.05) is 44.2 Å². The first kappa shape index (κ1) is 16.8. The fraction of sp³-hybridized carbons (Fsp3) is 0.353. The summed E-state index contributed by atoms with van der Waals surface area (Å²) in [6.07, 6.45) is 5.33. The zero-order valence-electron chi connectivity index (χ0n) is 13.1. The average molecular weight is 289 g/mol. The van der Waals surface area contributed by atoms with E-state index < -0.39 is 0 Å². The van der Waals surface area contributed by atoms with Crippen LogP contribution in [0.2, 0.25) is 0 Å². The first-order valence-corrected chi connectivity index (χ1v) is 7.20. The number of carbonyl (C=O) groups excluding carboxylic acids is 1. The van der Waals surface area contributed by atoms with E-state index in [1.54, 1.807) is 26.3 Å². The smallest absolute Gasteiger partial charge is 0.337 e. The predicted molar refractivity (Wildman–Crippen MR) is 84.1 cm³/mol. The van der Waals surface area contributed by atoms with Gasteiger partial charge in [0.15, 0.2) is 0 Å². The Hall–Kier alpha value is -2.23. The van der Waals surface area contributed by atoms with E-state index in [1.165, 1.54) is 0 Å². The molecule has 0 bridgehead atoms. The van der Waals surface area contributed by atoms with Gasteiger partial charge in [0, 0.05) is 0 Å². The Morgan fingerprint density at radius 1 is 1.33 bits per heavy atom. The number of dihydropyridines is 1. The number of rotatable bonds is 4. The van der Waals surface area contributed by atoms with Gasteiger partial charge in [-0.05, 0) is 43.0 Å². The number of carbonyl (C=O) groups is 1. The van der Waals surface area contributed by atoms with Crippen LogP contribution in [0.3, 0.4) is 0 Å². The summed E-state index contributed by atoms with van der Waals surface area (Å²) in [4.78, 5) is 11.7. The first-order chi connectivity index (χ1) is 10.2. The molecule has 1 aliphatic heterocycles. The van der Waals surface area contributed by atoms with Crippen LogP contribution in [-0.2, 0) is 9.53 Å². The molecule has 1 heterocycles. The van der Waals surface area contributed by atoms with Crippen molar-refractivity contribution >= 4 is 5.97 Å². The molecule has 0 aromatic heterocycles. The average Bonchev–Trinajstić information content (AvgIpc) is 2.57. The summed E-state index contributed by atoms with van der Waals surface area (Å²) in [6, 6.07) is 7.68. The molecule has 1 aromatic carbocycles. The molecule has 2 rings (SSSR count). The van der Waals surface area contributed by atoms with Gasteiger partial charge in [-0.1, -0.05) is 26.0 Å². The third-order valence-electron chi connectivity index (χ3n) is 2.85. The molecular formula is C17H23NO3. The zero-order chi connectivity index (χ0) is 15.7. The number of methoxy groups -OCH3 is 1. The molecule has 0 radical (unpaired) electrons. The maximum Gasteiger partial charge on any atom is 0.337 e. The molecular weight excluding hydrogens is 266 g/mol. The van der Waals surface area contributed by atoms with Crippen molar-refractivity contribution < 1.29 is 14.3 Å². The van der Waals surface area contributed by atoms with Gasteiger partial charge < -0.3 is 14.8 Å². The van der Waals surface area contributed by atoms with Crippen molar-refractivity contribution in [2.75, 3.05) is 13.7 Å². The standard InChI is InChI=1S/C15H17NO3.C2H6/c1-3-19-15(17)12-7-8-16-14(10-12)11-5-4-6-13(9-11)18-2;1-2/h4-10,14,16H,3H2,1-2H3;1-2H3. The SMILES string of the molecule is CC.CCOC(=O)C1=CC(c2cccc(OC)c2)NC=C1. The molecule has 4 heteroatoms. The summed E-state index contributed by atoms with van der Waals surface area (Å²) >= 11 is 0. The van der Waals surface area contributed by atoms with Gasteiger partial charge in [-0.25, -0.2) is 4.79 Å². The minimum absolute atomic E-state index is 0.0560. The third kappa shape index (κ3) is 4.67. The highest BCUT2D eigenvalue weighted by Crippen LogP contribution is 2.23. The maximum absolute atomic E-state index is 11.7. The molecule has 0 spiro atoms. The van der Waals surface area contributed by atoms with Crippen molar-refractivity contribution in [1.29, 1.82) is 0 Å². The molecule has 0 aliphatic carbocycles. The lowest BCUT2D eigenvalue weighted by Gasteiger charge is -2.19. The van der Waals surface area contributed by atoms with Crippen LogP contribution in [0.5, 0.6) is 5.75 Å². The fourth-order valence-electron chi connectivity index (χ4n) is 1.90. The van der Waals surface area contributed by atoms with Crippen molar-refractivity contribution in [2.24, 2.45) is 0 Å². The van der Waals surface area contributed by atoms with Crippen LogP contribution in [0.25, 0.3) is 0 Å². The van der Waals surface area contributed by atoms with E-state index in [2.05, 4.69) is 5.32 Å². The van der Waals surface area contributed by atoms with Gasteiger partial charge in [-0.3, -0.25) is 0 Å². The fourth-order valence-corrected chi connectivity index (χ4v) is 1.90. The Morgan fingerprint density at radius 2 is 2.10 bits per heavy atom. The van der Waals surface area contributed by atoms with Crippen molar-refractivity contribution in [3.63, 3.8) is 0 Å². The molecule has 1 aliphatic rings. The summed E-state index contributed by atoms with van der Waals surface area (Å²) in [7, 11) is 1.63. The number of ether oxygens (including phenoxy) is 2. The second-order valence-corrected chi connectivity index (χ2v) is 4.10. The maximum atomic E-state index is 11.7. The van der Waals surface area contributed by atoms with Crippen LogP contribution >= 0.6 is 0 Å². The number of hydrogen-bond acceptors (Lipinski definition) is 4. The van der Waals surface area contributed by atoms with E-state index in [4.69, 9.17) is 9.47 Å². The number of esters is 1. The van der Waals surface area contributed by atoms with Gasteiger partial charge in [-0.15, -0.1) is 0 Å². The largest absolute Gasteiger partial charge is 0.497 e. The Labute approximate surface area is 126 Å².